The molecular formula is C36H58O6S3. The predicted molar refractivity (Wildman–Crippen MR) is 195 cm³/mol. The van der Waals surface area contributed by atoms with Gasteiger partial charge in [-0.2, -0.15) is 13.5 Å². The lowest BCUT2D eigenvalue weighted by atomic mass is 10.1. The summed E-state index contributed by atoms with van der Waals surface area (Å²) in [7, 11) is 0. The van der Waals surface area contributed by atoms with Crippen molar-refractivity contribution in [2.45, 2.75) is 128 Å². The van der Waals surface area contributed by atoms with Crippen LogP contribution in [0.2, 0.25) is 0 Å². The largest absolute Gasteiger partial charge is 0.616 e. The second-order valence-corrected chi connectivity index (χ2v) is 16.1. The van der Waals surface area contributed by atoms with Gasteiger partial charge in [-0.25, -0.2) is 0 Å². The molecule has 2 aromatic rings. The highest BCUT2D eigenvalue weighted by atomic mass is 32.2. The summed E-state index contributed by atoms with van der Waals surface area (Å²) in [6.45, 7) is 9.23. The van der Waals surface area contributed by atoms with Crippen molar-refractivity contribution in [1.82, 2.24) is 0 Å². The molecular weight excluding hydrogens is 625 g/mol. The number of benzene rings is 2. The summed E-state index contributed by atoms with van der Waals surface area (Å²) in [5, 5.41) is 0.382. The molecule has 6 nitrogen and oxygen atoms in total. The second-order valence-electron chi connectivity index (χ2n) is 12.1. The molecule has 0 aliphatic carbocycles. The molecule has 2 aliphatic heterocycles. The second kappa shape index (κ2) is 23.0. The van der Waals surface area contributed by atoms with E-state index >= 15 is 0 Å². The van der Waals surface area contributed by atoms with Crippen molar-refractivity contribution in [3.8, 4) is 23.0 Å². The van der Waals surface area contributed by atoms with Gasteiger partial charge in [0.2, 0.25) is 13.6 Å². The Morgan fingerprint density at radius 2 is 0.911 bits per heavy atom. The lowest BCUT2D eigenvalue weighted by molar-refractivity contribution is 0.173. The van der Waals surface area contributed by atoms with Gasteiger partial charge in [0.05, 0.1) is 0 Å². The molecule has 0 N–H and O–H groups in total. The van der Waals surface area contributed by atoms with E-state index in [0.717, 1.165) is 60.2 Å². The molecule has 0 saturated carbocycles. The standard InChI is InChI=1S/2C18H28O3S.H2S/c2*1-3-4-5-6-7-8-11-22(19)15(2)12-16-9-10-17-18(13-16)21-14-20-17;/h2*9-10,13,15H,3-8,11-12,14H2,1-2H3;1H2. The molecule has 0 bridgehead atoms. The minimum absolute atomic E-state index is 0. The average Bonchev–Trinajstić information content (AvgIpc) is 3.69. The summed E-state index contributed by atoms with van der Waals surface area (Å²) in [5.41, 5.74) is 2.35. The monoisotopic (exact) mass is 682 g/mol. The summed E-state index contributed by atoms with van der Waals surface area (Å²) in [6, 6.07) is 12.0. The van der Waals surface area contributed by atoms with Crippen LogP contribution in [0.25, 0.3) is 0 Å². The predicted octanol–water partition coefficient (Wildman–Crippen LogP) is 9.02. The molecule has 0 fully saturated rings. The van der Waals surface area contributed by atoms with Gasteiger partial charge in [-0.1, -0.05) is 99.7 Å². The maximum absolute atomic E-state index is 12.3. The fourth-order valence-corrected chi connectivity index (χ4v) is 7.98. The van der Waals surface area contributed by atoms with Crippen molar-refractivity contribution >= 4 is 35.8 Å². The van der Waals surface area contributed by atoms with Crippen LogP contribution in [0.4, 0.5) is 0 Å². The van der Waals surface area contributed by atoms with Crippen LogP contribution in [-0.4, -0.2) is 44.7 Å². The van der Waals surface area contributed by atoms with E-state index in [1.54, 1.807) is 0 Å². The molecule has 0 radical (unpaired) electrons. The normalized spacial score (nSPS) is 15.4. The van der Waals surface area contributed by atoms with Gasteiger partial charge in [-0.05, 0) is 74.9 Å². The van der Waals surface area contributed by atoms with E-state index in [9.17, 15) is 9.11 Å². The van der Waals surface area contributed by atoms with Gasteiger partial charge in [-0.3, -0.25) is 0 Å². The third-order valence-corrected chi connectivity index (χ3v) is 11.7. The molecule has 0 amide bonds. The molecule has 4 unspecified atom stereocenters. The highest BCUT2D eigenvalue weighted by Gasteiger charge is 2.21. The van der Waals surface area contributed by atoms with Crippen LogP contribution >= 0.6 is 13.5 Å². The van der Waals surface area contributed by atoms with Gasteiger partial charge in [0.15, 0.2) is 23.0 Å². The van der Waals surface area contributed by atoms with E-state index < -0.39 is 22.4 Å². The van der Waals surface area contributed by atoms with Crippen LogP contribution in [0.15, 0.2) is 36.4 Å². The third-order valence-electron chi connectivity index (χ3n) is 8.22. The number of ether oxygens (including phenoxy) is 4. The van der Waals surface area contributed by atoms with E-state index in [4.69, 9.17) is 18.9 Å². The zero-order valence-corrected chi connectivity index (χ0v) is 30.7. The highest BCUT2D eigenvalue weighted by molar-refractivity contribution is 7.92. The first kappa shape index (κ1) is 39.8. The fraction of sp³-hybridized carbons (Fsp3) is 0.667. The first-order valence-corrected chi connectivity index (χ1v) is 19.7. The lowest BCUT2D eigenvalue weighted by Crippen LogP contribution is -2.23. The van der Waals surface area contributed by atoms with Crippen LogP contribution in [0.3, 0.4) is 0 Å². The molecule has 256 valence electrons. The molecule has 0 spiro atoms. The van der Waals surface area contributed by atoms with Gasteiger partial charge in [0.1, 0.15) is 22.0 Å². The number of fused-ring (bicyclic) bond motifs is 2. The van der Waals surface area contributed by atoms with Crippen molar-refractivity contribution in [3.05, 3.63) is 47.5 Å². The van der Waals surface area contributed by atoms with Crippen molar-refractivity contribution in [3.63, 3.8) is 0 Å². The molecule has 9 heteroatoms. The molecule has 0 saturated heterocycles. The maximum atomic E-state index is 12.3. The van der Waals surface area contributed by atoms with E-state index in [2.05, 4.69) is 27.7 Å². The van der Waals surface area contributed by atoms with E-state index in [1.807, 2.05) is 36.4 Å². The van der Waals surface area contributed by atoms with Crippen molar-refractivity contribution < 1.29 is 28.1 Å². The Hall–Kier alpha value is -1.39. The zero-order valence-electron chi connectivity index (χ0n) is 28.1. The van der Waals surface area contributed by atoms with E-state index in [0.29, 0.717) is 13.6 Å². The maximum Gasteiger partial charge on any atom is 0.231 e. The van der Waals surface area contributed by atoms with E-state index in [-0.39, 0.29) is 24.0 Å². The summed E-state index contributed by atoms with van der Waals surface area (Å²) < 4.78 is 46.1. The van der Waals surface area contributed by atoms with Crippen LogP contribution in [-0.2, 0) is 35.2 Å². The highest BCUT2D eigenvalue weighted by Crippen LogP contribution is 2.34. The molecule has 4 atom stereocenters. The van der Waals surface area contributed by atoms with Gasteiger partial charge in [0, 0.05) is 12.8 Å². The van der Waals surface area contributed by atoms with Crippen molar-refractivity contribution in [2.24, 2.45) is 0 Å². The molecule has 2 heterocycles. The minimum atomic E-state index is -0.743. The first-order valence-electron chi connectivity index (χ1n) is 16.9. The van der Waals surface area contributed by atoms with Gasteiger partial charge in [-0.15, -0.1) is 0 Å². The summed E-state index contributed by atoms with van der Waals surface area (Å²) in [6.07, 6.45) is 16.6. The molecule has 4 rings (SSSR count). The Morgan fingerprint density at radius 3 is 1.31 bits per heavy atom. The molecule has 2 aromatic carbocycles. The SMILES string of the molecule is CCCCCCCC[S+]([O-])C(C)Cc1ccc2c(c1)OCO2.CCCCCCCC[S+]([O-])C(C)Cc1ccc2c(c1)OCO2.S. The number of rotatable bonds is 20. The van der Waals surface area contributed by atoms with Gasteiger partial charge < -0.3 is 28.1 Å². The van der Waals surface area contributed by atoms with Crippen LogP contribution in [0.1, 0.15) is 116 Å². The van der Waals surface area contributed by atoms with Gasteiger partial charge >= 0.3 is 0 Å². The average molecular weight is 683 g/mol. The third kappa shape index (κ3) is 14.9. The quantitative estimate of drug-likeness (QED) is 0.102. The molecule has 45 heavy (non-hydrogen) atoms. The number of hydrogen-bond acceptors (Lipinski definition) is 6. The Kier molecular flexibility index (Phi) is 20.4. The van der Waals surface area contributed by atoms with Crippen molar-refractivity contribution in [2.75, 3.05) is 25.1 Å². The Bertz CT molecular complexity index is 988. The van der Waals surface area contributed by atoms with Crippen LogP contribution in [0, 0.1) is 0 Å². The van der Waals surface area contributed by atoms with Gasteiger partial charge in [0.25, 0.3) is 0 Å². The molecule has 0 aromatic heterocycles. The fourth-order valence-electron chi connectivity index (χ4n) is 5.44. The Balaban J connectivity index is 0.000000307. The smallest absolute Gasteiger partial charge is 0.231 e. The van der Waals surface area contributed by atoms with E-state index in [1.165, 1.54) is 75.3 Å². The molecule has 2 aliphatic rings. The topological polar surface area (TPSA) is 83.0 Å². The lowest BCUT2D eigenvalue weighted by Gasteiger charge is -2.18. The van der Waals surface area contributed by atoms with Crippen LogP contribution < -0.4 is 18.9 Å². The van der Waals surface area contributed by atoms with Crippen molar-refractivity contribution in [1.29, 1.82) is 0 Å². The summed E-state index contributed by atoms with van der Waals surface area (Å²) in [5.74, 6) is 4.91. The first-order chi connectivity index (χ1) is 21.4. The summed E-state index contributed by atoms with van der Waals surface area (Å²) >= 11 is -1.49. The zero-order chi connectivity index (χ0) is 31.6. The number of unbranched alkanes of at least 4 members (excludes halogenated alkanes) is 10. The van der Waals surface area contributed by atoms with Crippen LogP contribution in [0.5, 0.6) is 23.0 Å². The minimum Gasteiger partial charge on any atom is -0.616 e. The number of hydrogen-bond donors (Lipinski definition) is 0. The Morgan fingerprint density at radius 1 is 0.556 bits per heavy atom. The summed E-state index contributed by atoms with van der Waals surface area (Å²) in [4.78, 5) is 0. The Labute approximate surface area is 286 Å².